The van der Waals surface area contributed by atoms with Gasteiger partial charge in [0.05, 0.1) is 19.1 Å². The van der Waals surface area contributed by atoms with E-state index in [2.05, 4.69) is 15.1 Å². The normalized spacial score (nSPS) is 10.9. The van der Waals surface area contributed by atoms with E-state index < -0.39 is 0 Å². The fourth-order valence-corrected chi connectivity index (χ4v) is 2.77. The summed E-state index contributed by atoms with van der Waals surface area (Å²) in [5.74, 6) is 1.96. The van der Waals surface area contributed by atoms with E-state index in [1.54, 1.807) is 48.0 Å². The number of furan rings is 2. The van der Waals surface area contributed by atoms with Crippen LogP contribution in [0.2, 0.25) is 0 Å². The summed E-state index contributed by atoms with van der Waals surface area (Å²) in [6.07, 6.45) is 7.16. The molecule has 4 aromatic rings. The van der Waals surface area contributed by atoms with Gasteiger partial charge in [-0.15, -0.1) is 0 Å². The topological polar surface area (TPSA) is 98.4 Å². The largest absolute Gasteiger partial charge is 0.467 e. The molecule has 1 amide bonds. The highest BCUT2D eigenvalue weighted by Crippen LogP contribution is 2.17. The van der Waals surface area contributed by atoms with Crippen molar-refractivity contribution in [2.75, 3.05) is 0 Å². The number of hydrogen-bond donors (Lipinski definition) is 0. The number of amides is 1. The first-order valence-corrected chi connectivity index (χ1v) is 8.83. The van der Waals surface area contributed by atoms with Crippen molar-refractivity contribution in [3.05, 3.63) is 78.5 Å². The van der Waals surface area contributed by atoms with E-state index in [-0.39, 0.29) is 12.3 Å². The zero-order valence-corrected chi connectivity index (χ0v) is 15.0. The summed E-state index contributed by atoms with van der Waals surface area (Å²) in [6, 6.07) is 10.9. The van der Waals surface area contributed by atoms with Crippen molar-refractivity contribution in [1.82, 2.24) is 20.0 Å². The number of carbonyl (C=O) groups excluding carboxylic acids is 1. The van der Waals surface area contributed by atoms with Gasteiger partial charge in [0.15, 0.2) is 5.76 Å². The summed E-state index contributed by atoms with van der Waals surface area (Å²) in [5.41, 5.74) is 0.945. The number of carbonyl (C=O) groups is 1. The van der Waals surface area contributed by atoms with Crippen LogP contribution in [-0.2, 0) is 24.3 Å². The molecule has 8 heteroatoms. The molecule has 0 saturated heterocycles. The lowest BCUT2D eigenvalue weighted by atomic mass is 10.2. The van der Waals surface area contributed by atoms with E-state index in [1.165, 1.54) is 0 Å². The molecule has 0 radical (unpaired) electrons. The van der Waals surface area contributed by atoms with Gasteiger partial charge in [-0.05, 0) is 35.9 Å². The molecule has 0 bridgehead atoms. The van der Waals surface area contributed by atoms with Crippen LogP contribution in [-0.4, -0.2) is 25.9 Å². The number of pyridine rings is 1. The van der Waals surface area contributed by atoms with Gasteiger partial charge in [-0.2, -0.15) is 4.98 Å². The number of nitrogens with zero attached hydrogens (tertiary/aromatic N) is 4. The Bertz CT molecular complexity index is 994. The second-order valence-electron chi connectivity index (χ2n) is 6.18. The molecule has 4 heterocycles. The summed E-state index contributed by atoms with van der Waals surface area (Å²) in [6.45, 7) is 0.817. The van der Waals surface area contributed by atoms with Crippen LogP contribution >= 0.6 is 0 Å². The minimum absolute atomic E-state index is 0.0435. The van der Waals surface area contributed by atoms with Crippen molar-refractivity contribution in [2.24, 2.45) is 0 Å². The van der Waals surface area contributed by atoms with E-state index in [9.17, 15) is 4.79 Å². The average Bonchev–Trinajstić information content (AvgIpc) is 3.48. The predicted molar refractivity (Wildman–Crippen MR) is 97.5 cm³/mol. The second kappa shape index (κ2) is 8.34. The summed E-state index contributed by atoms with van der Waals surface area (Å²) in [4.78, 5) is 22.9. The highest BCUT2D eigenvalue weighted by Gasteiger charge is 2.18. The molecule has 0 aliphatic heterocycles. The average molecular weight is 378 g/mol. The molecule has 0 atom stereocenters. The molecule has 0 unspecified atom stereocenters. The van der Waals surface area contributed by atoms with E-state index in [1.807, 2.05) is 18.2 Å². The molecule has 0 spiro atoms. The standard InChI is InChI=1S/C20H18N4O4/c25-19(8-7-18-22-20(23-28-18)17-6-3-11-27-17)24(14-16-5-2-10-26-16)13-15-4-1-9-21-12-15/h1-6,9-12H,7-8,13-14H2. The molecule has 0 aliphatic carbocycles. The maximum atomic E-state index is 12.8. The number of aromatic nitrogens is 3. The summed E-state index contributed by atoms with van der Waals surface area (Å²) >= 11 is 0. The highest BCUT2D eigenvalue weighted by atomic mass is 16.5. The summed E-state index contributed by atoms with van der Waals surface area (Å²) in [5, 5.41) is 3.88. The zero-order chi connectivity index (χ0) is 19.2. The molecule has 28 heavy (non-hydrogen) atoms. The van der Waals surface area contributed by atoms with Crippen LogP contribution in [0.4, 0.5) is 0 Å². The zero-order valence-electron chi connectivity index (χ0n) is 15.0. The van der Waals surface area contributed by atoms with Crippen molar-refractivity contribution < 1.29 is 18.2 Å². The van der Waals surface area contributed by atoms with Crippen LogP contribution in [0.3, 0.4) is 0 Å². The van der Waals surface area contributed by atoms with Gasteiger partial charge in [-0.3, -0.25) is 9.78 Å². The number of rotatable bonds is 8. The monoisotopic (exact) mass is 378 g/mol. The van der Waals surface area contributed by atoms with Gasteiger partial charge in [-0.1, -0.05) is 11.2 Å². The van der Waals surface area contributed by atoms with Crippen molar-refractivity contribution in [3.8, 4) is 11.6 Å². The first kappa shape index (κ1) is 17.7. The van der Waals surface area contributed by atoms with Gasteiger partial charge in [0.1, 0.15) is 5.76 Å². The molecule has 4 aromatic heterocycles. The molecule has 0 saturated carbocycles. The minimum Gasteiger partial charge on any atom is -0.467 e. The second-order valence-corrected chi connectivity index (χ2v) is 6.18. The van der Waals surface area contributed by atoms with Crippen LogP contribution in [0.25, 0.3) is 11.6 Å². The first-order chi connectivity index (χ1) is 13.8. The Morgan fingerprint density at radius 2 is 1.93 bits per heavy atom. The first-order valence-electron chi connectivity index (χ1n) is 8.83. The van der Waals surface area contributed by atoms with Gasteiger partial charge in [-0.25, -0.2) is 0 Å². The van der Waals surface area contributed by atoms with Crippen LogP contribution in [0.5, 0.6) is 0 Å². The maximum Gasteiger partial charge on any atom is 0.238 e. The molecule has 8 nitrogen and oxygen atoms in total. The van der Waals surface area contributed by atoms with E-state index in [4.69, 9.17) is 13.4 Å². The van der Waals surface area contributed by atoms with Gasteiger partial charge >= 0.3 is 0 Å². The Kier molecular flexibility index (Phi) is 5.28. The Morgan fingerprint density at radius 1 is 1.04 bits per heavy atom. The molecule has 142 valence electrons. The molecule has 4 rings (SSSR count). The van der Waals surface area contributed by atoms with Crippen LogP contribution in [0.15, 0.2) is 74.7 Å². The maximum absolute atomic E-state index is 12.8. The van der Waals surface area contributed by atoms with Crippen LogP contribution in [0.1, 0.15) is 23.6 Å². The Balaban J connectivity index is 1.41. The van der Waals surface area contributed by atoms with E-state index >= 15 is 0 Å². The quantitative estimate of drug-likeness (QED) is 0.463. The van der Waals surface area contributed by atoms with Crippen LogP contribution in [0, 0.1) is 0 Å². The van der Waals surface area contributed by atoms with Gasteiger partial charge in [0.25, 0.3) is 0 Å². The molecule has 0 fully saturated rings. The molecule has 0 aliphatic rings. The lowest BCUT2D eigenvalue weighted by Gasteiger charge is -2.21. The SMILES string of the molecule is O=C(CCc1nc(-c2ccco2)no1)N(Cc1cccnc1)Cc1ccco1. The van der Waals surface area contributed by atoms with Crippen molar-refractivity contribution in [2.45, 2.75) is 25.9 Å². The lowest BCUT2D eigenvalue weighted by Crippen LogP contribution is -2.30. The Morgan fingerprint density at radius 3 is 2.68 bits per heavy atom. The van der Waals surface area contributed by atoms with Gasteiger partial charge in [0, 0.05) is 31.8 Å². The fourth-order valence-electron chi connectivity index (χ4n) is 2.77. The number of hydrogen-bond acceptors (Lipinski definition) is 7. The van der Waals surface area contributed by atoms with Gasteiger partial charge in [0.2, 0.25) is 17.6 Å². The highest BCUT2D eigenvalue weighted by molar-refractivity contribution is 5.76. The third-order valence-electron chi connectivity index (χ3n) is 4.14. The summed E-state index contributed by atoms with van der Waals surface area (Å²) in [7, 11) is 0. The Labute approximate surface area is 160 Å². The summed E-state index contributed by atoms with van der Waals surface area (Å²) < 4.78 is 15.9. The van der Waals surface area contributed by atoms with Crippen molar-refractivity contribution in [3.63, 3.8) is 0 Å². The van der Waals surface area contributed by atoms with E-state index in [0.717, 1.165) is 11.3 Å². The predicted octanol–water partition coefficient (Wildman–Crippen LogP) is 3.48. The van der Waals surface area contributed by atoms with Gasteiger partial charge < -0.3 is 18.3 Å². The third-order valence-corrected chi connectivity index (χ3v) is 4.14. The fraction of sp³-hybridized carbons (Fsp3) is 0.200. The lowest BCUT2D eigenvalue weighted by molar-refractivity contribution is -0.132. The van der Waals surface area contributed by atoms with Crippen molar-refractivity contribution in [1.29, 1.82) is 0 Å². The number of aryl methyl sites for hydroxylation is 1. The molecule has 0 aromatic carbocycles. The molecule has 0 N–H and O–H groups in total. The Hall–Kier alpha value is -3.68. The molecular formula is C20H18N4O4. The smallest absolute Gasteiger partial charge is 0.238 e. The minimum atomic E-state index is -0.0435. The van der Waals surface area contributed by atoms with E-state index in [0.29, 0.717) is 37.0 Å². The third kappa shape index (κ3) is 4.35. The van der Waals surface area contributed by atoms with Crippen molar-refractivity contribution >= 4 is 5.91 Å². The van der Waals surface area contributed by atoms with Crippen LogP contribution < -0.4 is 0 Å². The molecular weight excluding hydrogens is 360 g/mol.